The molecule has 6 fully saturated rings. The lowest BCUT2D eigenvalue weighted by Gasteiger charge is -2.37. The summed E-state index contributed by atoms with van der Waals surface area (Å²) in [6, 6.07) is 77.3. The van der Waals surface area contributed by atoms with Gasteiger partial charge < -0.3 is 68.0 Å². The lowest BCUT2D eigenvalue weighted by molar-refractivity contribution is -0.385. The maximum atomic E-state index is 14.9. The SMILES string of the molecule is Cc1c(C(=O)O)c(-c2cccc(N3CCN(c4ccc(N5CCO[P@@]5(=O)c5ccc(C[C@H](CCN6CCC(C(=O)O)CC6)CSc6ccccc6)c([N+](=O)[O-])c5)cc4)CC3)c2)c(-c2ccc(Cl)cc2)n1C(C)C.Cc1c(C(=O)O)c(-c2cccc(N3CCN(c4ccc(N5CCO[P@]5(=O)c5ccc(C[C@H](CCN6CCC(C(=O)O)CC6)CSc6ccccc6)c([N+](=O)[O-])c5)cc4)CC3)c2)c(-c2ccc(Cl)cc2)n1C(C)C. The van der Waals surface area contributed by atoms with E-state index in [9.17, 15) is 69.0 Å². The number of carbonyl (C=O) groups is 4. The Morgan fingerprint density at radius 1 is 0.404 bits per heavy atom. The molecule has 12 aromatic rings. The maximum absolute atomic E-state index is 14.9. The number of carboxylic acid groups (broad SMARTS) is 4. The topological polar surface area (TPSA) is 324 Å². The molecule has 6 saturated heterocycles. The summed E-state index contributed by atoms with van der Waals surface area (Å²) in [5.74, 6) is -2.35. The number of anilines is 6. The lowest BCUT2D eigenvalue weighted by atomic mass is 9.94. The summed E-state index contributed by atoms with van der Waals surface area (Å²) in [5, 5.41) is 67.5. The maximum Gasteiger partial charge on any atom is 0.338 e. The molecule has 8 heterocycles. The molecule has 0 spiro atoms. The van der Waals surface area contributed by atoms with Crippen molar-refractivity contribution in [2.24, 2.45) is 23.7 Å². The summed E-state index contributed by atoms with van der Waals surface area (Å²) < 4.78 is 49.6. The van der Waals surface area contributed by atoms with Crippen molar-refractivity contribution in [3.8, 4) is 44.8 Å². The first-order chi connectivity index (χ1) is 70.4. The molecule has 0 radical (unpaired) electrons. The number of hydrogen-bond acceptors (Lipinski definition) is 20. The third-order valence-corrected chi connectivity index (χ3v) is 37.2. The van der Waals surface area contributed by atoms with Gasteiger partial charge in [-0.1, -0.05) is 120 Å². The molecular weight excluding hydrogens is 1970 g/mol. The van der Waals surface area contributed by atoms with E-state index in [4.69, 9.17) is 32.2 Å². The number of aromatic nitrogens is 2. The molecule has 34 heteroatoms. The largest absolute Gasteiger partial charge is 0.481 e. The fraction of sp³-hybridized carbons (Fsp3) is 0.357. The second-order valence-electron chi connectivity index (χ2n) is 39.0. The average molecular weight is 2090 g/mol. The number of thioether (sulfide) groups is 2. The summed E-state index contributed by atoms with van der Waals surface area (Å²) in [7, 11) is -7.42. The quantitative estimate of drug-likeness (QED) is 0.0123. The number of nitro benzene ring substituents is 2. The van der Waals surface area contributed by atoms with Gasteiger partial charge in [-0.3, -0.25) is 48.3 Å². The smallest absolute Gasteiger partial charge is 0.338 e. The Balaban J connectivity index is 0.000000200. The van der Waals surface area contributed by atoms with Crippen LogP contribution in [0, 0.1) is 57.7 Å². The molecule has 18 rings (SSSR count). The Morgan fingerprint density at radius 3 is 1.06 bits per heavy atom. The fourth-order valence-electron chi connectivity index (χ4n) is 21.6. The average Bonchev–Trinajstić information content (AvgIpc) is 1.60. The second kappa shape index (κ2) is 46.9. The van der Waals surface area contributed by atoms with Crippen LogP contribution in [-0.4, -0.2) is 203 Å². The van der Waals surface area contributed by atoms with Gasteiger partial charge in [-0.2, -0.15) is 0 Å². The molecule has 0 saturated carbocycles. The van der Waals surface area contributed by atoms with Gasteiger partial charge in [-0.25, -0.2) is 9.59 Å². The number of piperazine rings is 2. The van der Waals surface area contributed by atoms with Gasteiger partial charge in [0.2, 0.25) is 0 Å². The Kier molecular flexibility index (Phi) is 33.8. The number of likely N-dealkylation sites (tertiary alicyclic amines) is 2. The van der Waals surface area contributed by atoms with Crippen LogP contribution in [0.3, 0.4) is 0 Å². The number of carboxylic acids is 4. The number of aromatic carboxylic acids is 2. The van der Waals surface area contributed by atoms with Crippen LogP contribution in [0.4, 0.5) is 45.5 Å². The van der Waals surface area contributed by atoms with Crippen LogP contribution in [0.1, 0.15) is 122 Å². The van der Waals surface area contributed by atoms with Crippen molar-refractivity contribution < 1.29 is 67.6 Å². The van der Waals surface area contributed by atoms with E-state index in [0.717, 1.165) is 182 Å². The normalized spacial score (nSPS) is 18.1. The van der Waals surface area contributed by atoms with E-state index in [2.05, 4.69) is 115 Å². The number of hydrogen-bond donors (Lipinski definition) is 4. The molecule has 0 unspecified atom stereocenters. The van der Waals surface area contributed by atoms with Gasteiger partial charge in [-0.05, 0) is 300 Å². The highest BCUT2D eigenvalue weighted by molar-refractivity contribution is 7.99. The first kappa shape index (κ1) is 105. The molecule has 6 aliphatic rings. The lowest BCUT2D eigenvalue weighted by Crippen LogP contribution is -2.46. The molecule has 0 amide bonds. The molecule has 2 aromatic heterocycles. The summed E-state index contributed by atoms with van der Waals surface area (Å²) in [5.41, 5.74) is 14.9. The van der Waals surface area contributed by atoms with E-state index in [1.165, 1.54) is 12.1 Å². The van der Waals surface area contributed by atoms with Crippen LogP contribution in [0.5, 0.6) is 0 Å². The minimum atomic E-state index is -3.71. The molecular formula is C112H124Cl2N12O16P2S2. The number of halogens is 2. The molecule has 0 aliphatic carbocycles. The van der Waals surface area contributed by atoms with E-state index in [0.29, 0.717) is 107 Å². The van der Waals surface area contributed by atoms with Crippen molar-refractivity contribution in [2.75, 3.05) is 158 Å². The Morgan fingerprint density at radius 2 is 0.740 bits per heavy atom. The summed E-state index contributed by atoms with van der Waals surface area (Å²) in [6.45, 7) is 23.5. The van der Waals surface area contributed by atoms with Crippen LogP contribution < -0.4 is 39.5 Å². The molecule has 4 N–H and O–H groups in total. The zero-order valence-corrected chi connectivity index (χ0v) is 87.8. The number of nitrogens with zero attached hydrogens (tertiary/aromatic N) is 12. The third kappa shape index (κ3) is 23.8. The Hall–Kier alpha value is -12.2. The van der Waals surface area contributed by atoms with E-state index >= 15 is 0 Å². The van der Waals surface area contributed by atoms with Gasteiger partial charge >= 0.3 is 38.9 Å². The van der Waals surface area contributed by atoms with Crippen molar-refractivity contribution in [3.05, 3.63) is 307 Å². The fourth-order valence-corrected chi connectivity index (χ4v) is 28.4. The van der Waals surface area contributed by atoms with Crippen molar-refractivity contribution in [1.29, 1.82) is 0 Å². The van der Waals surface area contributed by atoms with Crippen LogP contribution in [0.15, 0.2) is 252 Å². The molecule has 146 heavy (non-hydrogen) atoms. The molecule has 764 valence electrons. The highest BCUT2D eigenvalue weighted by Gasteiger charge is 2.44. The molecule has 28 nitrogen and oxygen atoms in total. The van der Waals surface area contributed by atoms with Crippen LogP contribution in [0.2, 0.25) is 10.0 Å². The van der Waals surface area contributed by atoms with Crippen molar-refractivity contribution in [1.82, 2.24) is 18.9 Å². The second-order valence-corrected chi connectivity index (χ2v) is 46.6. The van der Waals surface area contributed by atoms with Crippen LogP contribution in [-0.2, 0) is 40.6 Å². The summed E-state index contributed by atoms with van der Waals surface area (Å²) in [4.78, 5) is 89.8. The van der Waals surface area contributed by atoms with Gasteiger partial charge in [-0.15, -0.1) is 23.5 Å². The highest BCUT2D eigenvalue weighted by atomic mass is 35.5. The molecule has 6 aliphatic heterocycles. The van der Waals surface area contributed by atoms with Gasteiger partial charge in [0.05, 0.1) is 81.1 Å². The standard InChI is InChI=1S/2C56H62ClN6O8PS/c2*1-38(2)62-39(3)52(56(66)67)53(54(62)41-12-15-45(57)16-13-41)44-8-7-9-48(35-44)60-30-28-59(29-31-60)46-17-19-47(20-18-46)61-32-33-71-72(61,70)49-21-14-43(51(36-49)63(68)69)34-40(37-73-50-10-5-4-6-11-50)22-25-58-26-23-42(24-27-58)55(64)65/h2*4-21,35-36,38,40,42H,22-34,37H2,1-3H3,(H,64,65)(H,66,67)/t40-,72+;40-,72-/m00/s1. The number of nitro groups is 2. The predicted octanol–water partition coefficient (Wildman–Crippen LogP) is 23.6. The molecule has 0 bridgehead atoms. The minimum absolute atomic E-state index is 0.0123. The summed E-state index contributed by atoms with van der Waals surface area (Å²) >= 11 is 16.0. The zero-order chi connectivity index (χ0) is 103. The highest BCUT2D eigenvalue weighted by Crippen LogP contribution is 2.58. The zero-order valence-electron chi connectivity index (χ0n) is 82.9. The summed E-state index contributed by atoms with van der Waals surface area (Å²) in [6.07, 6.45) is 4.99. The first-order valence-corrected chi connectivity index (χ1v) is 56.0. The Labute approximate surface area is 870 Å². The Bertz CT molecular complexity index is 6390. The molecule has 10 aromatic carbocycles. The monoisotopic (exact) mass is 2090 g/mol. The van der Waals surface area contributed by atoms with Crippen molar-refractivity contribution in [2.45, 2.75) is 115 Å². The first-order valence-electron chi connectivity index (χ1n) is 50.1. The number of piperidine rings is 2. The van der Waals surface area contributed by atoms with Gasteiger partial charge in [0.15, 0.2) is 0 Å². The number of benzene rings is 10. The number of aliphatic carboxylic acids is 2. The minimum Gasteiger partial charge on any atom is -0.481 e. The van der Waals surface area contributed by atoms with Gasteiger partial charge in [0.25, 0.3) is 11.4 Å². The third-order valence-electron chi connectivity index (χ3n) is 29.2. The van der Waals surface area contributed by atoms with Crippen LogP contribution in [0.25, 0.3) is 44.8 Å². The van der Waals surface area contributed by atoms with E-state index in [-0.39, 0.29) is 91.9 Å². The number of rotatable bonds is 36. The van der Waals surface area contributed by atoms with Crippen molar-refractivity contribution in [3.63, 3.8) is 0 Å². The van der Waals surface area contributed by atoms with E-state index in [1.54, 1.807) is 57.1 Å². The van der Waals surface area contributed by atoms with Crippen molar-refractivity contribution >= 4 is 142 Å². The molecule has 4 atom stereocenters. The predicted molar refractivity (Wildman–Crippen MR) is 585 cm³/mol. The van der Waals surface area contributed by atoms with Gasteiger partial charge in [0, 0.05) is 176 Å². The van der Waals surface area contributed by atoms with Crippen LogP contribution >= 0.6 is 61.8 Å². The van der Waals surface area contributed by atoms with Gasteiger partial charge in [0.1, 0.15) is 0 Å². The van der Waals surface area contributed by atoms with E-state index < -0.39 is 38.9 Å². The van der Waals surface area contributed by atoms with E-state index in [1.807, 2.05) is 172 Å².